The zero-order valence-corrected chi connectivity index (χ0v) is 11.6. The molecule has 2 nitrogen and oxygen atoms in total. The van der Waals surface area contributed by atoms with Crippen LogP contribution in [0.1, 0.15) is 5.56 Å². The molecule has 2 aromatic rings. The van der Waals surface area contributed by atoms with Gasteiger partial charge in [-0.15, -0.1) is 11.8 Å². The standard InChI is InChI=1S/C14H14ClNOS/c1-17-13-5-3-2-4-10(13)9-18-14-8-11(16)6-7-12(14)15/h2-8H,9,16H2,1H3. The average Bonchev–Trinajstić information content (AvgIpc) is 2.40. The van der Waals surface area contributed by atoms with Crippen molar-refractivity contribution >= 4 is 29.1 Å². The highest BCUT2D eigenvalue weighted by Crippen LogP contribution is 2.33. The summed E-state index contributed by atoms with van der Waals surface area (Å²) in [7, 11) is 1.68. The number of hydrogen-bond donors (Lipinski definition) is 1. The molecule has 2 rings (SSSR count). The molecule has 0 saturated heterocycles. The molecule has 0 saturated carbocycles. The van der Waals surface area contributed by atoms with Crippen molar-refractivity contribution in [3.63, 3.8) is 0 Å². The summed E-state index contributed by atoms with van der Waals surface area (Å²) < 4.78 is 5.32. The minimum atomic E-state index is 0.724. The summed E-state index contributed by atoms with van der Waals surface area (Å²) in [5, 5.41) is 0.726. The van der Waals surface area contributed by atoms with Gasteiger partial charge in [0, 0.05) is 21.9 Å². The maximum atomic E-state index is 6.13. The van der Waals surface area contributed by atoms with Gasteiger partial charge >= 0.3 is 0 Å². The first kappa shape index (κ1) is 13.1. The molecule has 0 bridgehead atoms. The molecule has 18 heavy (non-hydrogen) atoms. The van der Waals surface area contributed by atoms with E-state index in [4.69, 9.17) is 22.1 Å². The third-order valence-electron chi connectivity index (χ3n) is 2.53. The number of para-hydroxylation sites is 1. The number of halogens is 1. The topological polar surface area (TPSA) is 35.2 Å². The van der Waals surface area contributed by atoms with E-state index >= 15 is 0 Å². The Labute approximate surface area is 116 Å². The lowest BCUT2D eigenvalue weighted by Gasteiger charge is -2.09. The lowest BCUT2D eigenvalue weighted by Crippen LogP contribution is -1.90. The Morgan fingerprint density at radius 3 is 2.78 bits per heavy atom. The smallest absolute Gasteiger partial charge is 0.122 e. The van der Waals surface area contributed by atoms with E-state index in [2.05, 4.69) is 0 Å². The molecule has 0 aliphatic heterocycles. The maximum Gasteiger partial charge on any atom is 0.122 e. The van der Waals surface area contributed by atoms with Crippen LogP contribution in [0.2, 0.25) is 5.02 Å². The van der Waals surface area contributed by atoms with Crippen molar-refractivity contribution in [2.45, 2.75) is 10.6 Å². The van der Waals surface area contributed by atoms with Gasteiger partial charge in [-0.05, 0) is 24.3 Å². The summed E-state index contributed by atoms with van der Waals surface area (Å²) in [6.45, 7) is 0. The normalized spacial score (nSPS) is 10.3. The van der Waals surface area contributed by atoms with Crippen LogP contribution in [-0.2, 0) is 5.75 Å². The van der Waals surface area contributed by atoms with Crippen molar-refractivity contribution < 1.29 is 4.74 Å². The fourth-order valence-electron chi connectivity index (χ4n) is 1.61. The van der Waals surface area contributed by atoms with Gasteiger partial charge in [-0.1, -0.05) is 29.8 Å². The molecule has 0 spiro atoms. The number of benzene rings is 2. The fraction of sp³-hybridized carbons (Fsp3) is 0.143. The van der Waals surface area contributed by atoms with Crippen LogP contribution in [0, 0.1) is 0 Å². The van der Waals surface area contributed by atoms with Crippen LogP contribution in [0.5, 0.6) is 5.75 Å². The van der Waals surface area contributed by atoms with Crippen molar-refractivity contribution in [1.82, 2.24) is 0 Å². The summed E-state index contributed by atoms with van der Waals surface area (Å²) in [5.74, 6) is 1.69. The Morgan fingerprint density at radius 2 is 2.00 bits per heavy atom. The number of thioether (sulfide) groups is 1. The molecule has 0 fully saturated rings. The Kier molecular flexibility index (Phi) is 4.39. The molecule has 2 N–H and O–H groups in total. The second-order valence-corrected chi connectivity index (χ2v) is 5.21. The molecule has 0 unspecified atom stereocenters. The van der Waals surface area contributed by atoms with Gasteiger partial charge < -0.3 is 10.5 Å². The number of rotatable bonds is 4. The molecule has 2 aromatic carbocycles. The van der Waals surface area contributed by atoms with Crippen molar-refractivity contribution in [3.05, 3.63) is 53.1 Å². The van der Waals surface area contributed by atoms with Gasteiger partial charge in [0.15, 0.2) is 0 Å². The average molecular weight is 280 g/mol. The highest BCUT2D eigenvalue weighted by atomic mass is 35.5. The maximum absolute atomic E-state index is 6.13. The second-order valence-electron chi connectivity index (χ2n) is 3.79. The van der Waals surface area contributed by atoms with Gasteiger partial charge in [-0.3, -0.25) is 0 Å². The van der Waals surface area contributed by atoms with Gasteiger partial charge in [0.1, 0.15) is 5.75 Å². The van der Waals surface area contributed by atoms with E-state index in [9.17, 15) is 0 Å². The largest absolute Gasteiger partial charge is 0.496 e. The lowest BCUT2D eigenvalue weighted by atomic mass is 10.2. The molecule has 0 aliphatic rings. The third kappa shape index (κ3) is 3.12. The molecule has 0 radical (unpaired) electrons. The molecule has 0 aromatic heterocycles. The van der Waals surface area contributed by atoms with E-state index in [1.807, 2.05) is 36.4 Å². The Hall–Kier alpha value is -1.32. The quantitative estimate of drug-likeness (QED) is 0.672. The van der Waals surface area contributed by atoms with Crippen molar-refractivity contribution in [2.24, 2.45) is 0 Å². The van der Waals surface area contributed by atoms with E-state index in [-0.39, 0.29) is 0 Å². The highest BCUT2D eigenvalue weighted by molar-refractivity contribution is 7.98. The number of anilines is 1. The number of nitrogens with two attached hydrogens (primary N) is 1. The molecular formula is C14H14ClNOS. The molecule has 0 aliphatic carbocycles. The fourth-order valence-corrected chi connectivity index (χ4v) is 2.86. The summed E-state index contributed by atoms with van der Waals surface area (Å²) in [6.07, 6.45) is 0. The van der Waals surface area contributed by atoms with Crippen LogP contribution in [-0.4, -0.2) is 7.11 Å². The minimum Gasteiger partial charge on any atom is -0.496 e. The summed E-state index contributed by atoms with van der Waals surface area (Å²) in [4.78, 5) is 0.988. The van der Waals surface area contributed by atoms with Crippen molar-refractivity contribution in [2.75, 3.05) is 12.8 Å². The number of nitrogen functional groups attached to an aromatic ring is 1. The number of methoxy groups -OCH3 is 1. The van der Waals surface area contributed by atoms with Crippen LogP contribution in [0.3, 0.4) is 0 Å². The van der Waals surface area contributed by atoms with E-state index in [0.717, 1.165) is 32.7 Å². The Bertz CT molecular complexity index is 545. The van der Waals surface area contributed by atoms with Crippen molar-refractivity contribution in [3.8, 4) is 5.75 Å². The van der Waals surface area contributed by atoms with Crippen LogP contribution < -0.4 is 10.5 Å². The predicted octanol–water partition coefficient (Wildman–Crippen LogP) is 4.22. The monoisotopic (exact) mass is 279 g/mol. The molecule has 94 valence electrons. The van der Waals surface area contributed by atoms with Crippen molar-refractivity contribution in [1.29, 1.82) is 0 Å². The van der Waals surface area contributed by atoms with Gasteiger partial charge in [-0.25, -0.2) is 0 Å². The van der Waals surface area contributed by atoms with E-state index < -0.39 is 0 Å². The molecule has 4 heteroatoms. The minimum absolute atomic E-state index is 0.724. The Balaban J connectivity index is 2.14. The Morgan fingerprint density at radius 1 is 1.22 bits per heavy atom. The zero-order valence-electron chi connectivity index (χ0n) is 10.0. The molecular weight excluding hydrogens is 266 g/mol. The highest BCUT2D eigenvalue weighted by Gasteiger charge is 2.05. The van der Waals surface area contributed by atoms with Crippen LogP contribution in [0.4, 0.5) is 5.69 Å². The van der Waals surface area contributed by atoms with E-state index in [1.165, 1.54) is 0 Å². The summed E-state index contributed by atoms with van der Waals surface area (Å²) in [5.41, 5.74) is 7.62. The zero-order chi connectivity index (χ0) is 13.0. The molecule has 0 atom stereocenters. The third-order valence-corrected chi connectivity index (χ3v) is 4.08. The summed E-state index contributed by atoms with van der Waals surface area (Å²) in [6, 6.07) is 13.5. The molecule has 0 heterocycles. The predicted molar refractivity (Wildman–Crippen MR) is 78.4 cm³/mol. The first-order chi connectivity index (χ1) is 8.70. The molecule has 0 amide bonds. The van der Waals surface area contributed by atoms with Gasteiger partial charge in [-0.2, -0.15) is 0 Å². The van der Waals surface area contributed by atoms with E-state index in [1.54, 1.807) is 24.9 Å². The second kappa shape index (κ2) is 6.03. The lowest BCUT2D eigenvalue weighted by molar-refractivity contribution is 0.411. The van der Waals surface area contributed by atoms with E-state index in [0.29, 0.717) is 0 Å². The van der Waals surface area contributed by atoms with Gasteiger partial charge in [0.2, 0.25) is 0 Å². The van der Waals surface area contributed by atoms with Crippen LogP contribution in [0.15, 0.2) is 47.4 Å². The van der Waals surface area contributed by atoms with Crippen LogP contribution in [0.25, 0.3) is 0 Å². The van der Waals surface area contributed by atoms with Gasteiger partial charge in [0.25, 0.3) is 0 Å². The summed E-state index contributed by atoms with van der Waals surface area (Å²) >= 11 is 7.78. The van der Waals surface area contributed by atoms with Gasteiger partial charge in [0.05, 0.1) is 12.1 Å². The number of hydrogen-bond acceptors (Lipinski definition) is 3. The SMILES string of the molecule is COc1ccccc1CSc1cc(N)ccc1Cl. The van der Waals surface area contributed by atoms with Crippen LogP contribution >= 0.6 is 23.4 Å². The first-order valence-electron chi connectivity index (χ1n) is 5.50. The number of ether oxygens (including phenoxy) is 1. The first-order valence-corrected chi connectivity index (χ1v) is 6.87.